The van der Waals surface area contributed by atoms with Gasteiger partial charge in [-0.25, -0.2) is 24.5 Å². The third-order valence-corrected chi connectivity index (χ3v) is 3.67. The lowest BCUT2D eigenvalue weighted by molar-refractivity contribution is -0.122. The molecule has 0 aromatic carbocycles. The third-order valence-electron chi connectivity index (χ3n) is 3.67. The van der Waals surface area contributed by atoms with Crippen molar-refractivity contribution in [3.05, 3.63) is 55.0 Å². The van der Waals surface area contributed by atoms with Crippen molar-refractivity contribution in [2.75, 3.05) is 11.9 Å². The molecular formula is C17H18N8O2. The average Bonchev–Trinajstić information content (AvgIpc) is 3.33. The number of fused-ring (bicyclic) bond motifs is 1. The summed E-state index contributed by atoms with van der Waals surface area (Å²) in [6, 6.07) is 5.93. The Morgan fingerprint density at radius 1 is 1.19 bits per heavy atom. The standard InChI is InChI=1S/C16H16N8.CH2O2/c1-2-17-16-19-8-12(9-20-16)15-18-6-7-23(15)10-13-4-3-5-14-21-11-22-24(13)14;2-1-3/h3-9,11H,2,10H2,1H3,(H,17,19,20);1H,(H,2,3). The van der Waals surface area contributed by atoms with Gasteiger partial charge in [0.2, 0.25) is 5.95 Å². The molecule has 0 amide bonds. The van der Waals surface area contributed by atoms with Gasteiger partial charge in [0, 0.05) is 31.3 Å². The van der Waals surface area contributed by atoms with Gasteiger partial charge < -0.3 is 15.0 Å². The molecular weight excluding hydrogens is 348 g/mol. The second-order valence-corrected chi connectivity index (χ2v) is 5.36. The summed E-state index contributed by atoms with van der Waals surface area (Å²) in [5, 5.41) is 14.2. The number of pyridine rings is 1. The summed E-state index contributed by atoms with van der Waals surface area (Å²) in [5.74, 6) is 1.43. The number of nitrogens with one attached hydrogen (secondary N) is 1. The minimum atomic E-state index is -0.250. The largest absolute Gasteiger partial charge is 0.483 e. The predicted octanol–water partition coefficient (Wildman–Crippen LogP) is 1.56. The van der Waals surface area contributed by atoms with Crippen LogP contribution in [0.2, 0.25) is 0 Å². The third kappa shape index (κ3) is 4.06. The lowest BCUT2D eigenvalue weighted by atomic mass is 10.3. The first kappa shape index (κ1) is 18.0. The molecule has 0 spiro atoms. The van der Waals surface area contributed by atoms with Crippen molar-refractivity contribution in [3.8, 4) is 11.4 Å². The van der Waals surface area contributed by atoms with E-state index < -0.39 is 0 Å². The average molecular weight is 366 g/mol. The van der Waals surface area contributed by atoms with E-state index in [4.69, 9.17) is 9.90 Å². The van der Waals surface area contributed by atoms with Gasteiger partial charge >= 0.3 is 0 Å². The van der Waals surface area contributed by atoms with Crippen LogP contribution in [0, 0.1) is 0 Å². The summed E-state index contributed by atoms with van der Waals surface area (Å²) in [7, 11) is 0. The first-order chi connectivity index (χ1) is 13.3. The van der Waals surface area contributed by atoms with Crippen molar-refractivity contribution in [3.63, 3.8) is 0 Å². The zero-order chi connectivity index (χ0) is 19.1. The molecule has 0 radical (unpaired) electrons. The van der Waals surface area contributed by atoms with Crippen molar-refractivity contribution in [1.29, 1.82) is 0 Å². The van der Waals surface area contributed by atoms with Crippen LogP contribution in [0.1, 0.15) is 12.6 Å². The van der Waals surface area contributed by atoms with Crippen molar-refractivity contribution < 1.29 is 9.90 Å². The smallest absolute Gasteiger partial charge is 0.290 e. The second-order valence-electron chi connectivity index (χ2n) is 5.36. The molecule has 0 aliphatic carbocycles. The van der Waals surface area contributed by atoms with Crippen LogP contribution >= 0.6 is 0 Å². The van der Waals surface area contributed by atoms with Gasteiger partial charge in [-0.1, -0.05) is 6.07 Å². The van der Waals surface area contributed by atoms with Gasteiger partial charge in [-0.3, -0.25) is 4.79 Å². The van der Waals surface area contributed by atoms with Crippen molar-refractivity contribution in [1.82, 2.24) is 34.1 Å². The highest BCUT2D eigenvalue weighted by Crippen LogP contribution is 2.18. The van der Waals surface area contributed by atoms with E-state index in [2.05, 4.69) is 30.4 Å². The van der Waals surface area contributed by atoms with Crippen molar-refractivity contribution in [2.24, 2.45) is 0 Å². The Morgan fingerprint density at radius 3 is 2.70 bits per heavy atom. The number of imidazole rings is 1. The molecule has 4 aromatic heterocycles. The highest BCUT2D eigenvalue weighted by molar-refractivity contribution is 5.54. The van der Waals surface area contributed by atoms with E-state index in [9.17, 15) is 0 Å². The van der Waals surface area contributed by atoms with E-state index in [1.54, 1.807) is 24.9 Å². The number of hydrogen-bond acceptors (Lipinski definition) is 7. The van der Waals surface area contributed by atoms with Gasteiger partial charge in [-0.2, -0.15) is 5.10 Å². The van der Waals surface area contributed by atoms with Crippen LogP contribution in [0.4, 0.5) is 5.95 Å². The highest BCUT2D eigenvalue weighted by Gasteiger charge is 2.10. The summed E-state index contributed by atoms with van der Waals surface area (Å²) in [6.07, 6.45) is 8.82. The molecule has 0 aliphatic rings. The number of anilines is 1. The van der Waals surface area contributed by atoms with Crippen LogP contribution < -0.4 is 5.32 Å². The molecule has 4 rings (SSSR count). The van der Waals surface area contributed by atoms with Gasteiger partial charge in [0.1, 0.15) is 12.2 Å². The fourth-order valence-corrected chi connectivity index (χ4v) is 2.59. The maximum atomic E-state index is 8.36. The van der Waals surface area contributed by atoms with Gasteiger partial charge in [0.25, 0.3) is 6.47 Å². The topological polar surface area (TPSA) is 123 Å². The van der Waals surface area contributed by atoms with E-state index in [0.717, 1.165) is 29.3 Å². The molecule has 0 saturated carbocycles. The maximum Gasteiger partial charge on any atom is 0.290 e. The summed E-state index contributed by atoms with van der Waals surface area (Å²) in [4.78, 5) is 25.6. The van der Waals surface area contributed by atoms with E-state index in [0.29, 0.717) is 12.5 Å². The zero-order valence-electron chi connectivity index (χ0n) is 14.6. The van der Waals surface area contributed by atoms with E-state index in [-0.39, 0.29) is 6.47 Å². The highest BCUT2D eigenvalue weighted by atomic mass is 16.3. The predicted molar refractivity (Wildman–Crippen MR) is 98.2 cm³/mol. The van der Waals surface area contributed by atoms with Crippen LogP contribution in [0.5, 0.6) is 0 Å². The fourth-order valence-electron chi connectivity index (χ4n) is 2.59. The van der Waals surface area contributed by atoms with Crippen LogP contribution in [0.25, 0.3) is 17.0 Å². The second kappa shape index (κ2) is 8.52. The lowest BCUT2D eigenvalue weighted by Crippen LogP contribution is -2.07. The number of carboxylic acid groups (broad SMARTS) is 1. The molecule has 0 atom stereocenters. The molecule has 0 unspecified atom stereocenters. The van der Waals surface area contributed by atoms with Crippen LogP contribution in [0.15, 0.2) is 49.3 Å². The number of aromatic nitrogens is 7. The van der Waals surface area contributed by atoms with E-state index in [1.807, 2.05) is 40.4 Å². The Bertz CT molecular complexity index is 1010. The van der Waals surface area contributed by atoms with Crippen LogP contribution in [0.3, 0.4) is 0 Å². The SMILES string of the molecule is CCNc1ncc(-c2nccn2Cc2cccc3ncnn23)cn1.O=CO. The Kier molecular flexibility index (Phi) is 5.67. The fraction of sp³-hybridized carbons (Fsp3) is 0.176. The molecule has 0 aliphatic heterocycles. The number of hydrogen-bond donors (Lipinski definition) is 2. The summed E-state index contributed by atoms with van der Waals surface area (Å²) < 4.78 is 3.87. The van der Waals surface area contributed by atoms with Gasteiger partial charge in [-0.15, -0.1) is 0 Å². The van der Waals surface area contributed by atoms with Gasteiger partial charge in [0.05, 0.1) is 17.8 Å². The van der Waals surface area contributed by atoms with E-state index in [1.165, 1.54) is 0 Å². The molecule has 0 saturated heterocycles. The number of nitrogens with zero attached hydrogens (tertiary/aromatic N) is 7. The molecule has 0 fully saturated rings. The van der Waals surface area contributed by atoms with Crippen molar-refractivity contribution in [2.45, 2.75) is 13.5 Å². The Balaban J connectivity index is 0.000000659. The van der Waals surface area contributed by atoms with Crippen molar-refractivity contribution >= 4 is 18.1 Å². The molecule has 138 valence electrons. The zero-order valence-corrected chi connectivity index (χ0v) is 14.6. The first-order valence-corrected chi connectivity index (χ1v) is 8.19. The van der Waals surface area contributed by atoms with Gasteiger partial charge in [0.15, 0.2) is 5.65 Å². The Morgan fingerprint density at radius 2 is 1.96 bits per heavy atom. The molecule has 2 N–H and O–H groups in total. The lowest BCUT2D eigenvalue weighted by Gasteiger charge is -2.09. The molecule has 0 bridgehead atoms. The molecule has 4 aromatic rings. The summed E-state index contributed by atoms with van der Waals surface area (Å²) in [5.41, 5.74) is 2.72. The quantitative estimate of drug-likeness (QED) is 0.510. The van der Waals surface area contributed by atoms with Crippen LogP contribution in [-0.4, -0.2) is 52.2 Å². The molecule has 4 heterocycles. The van der Waals surface area contributed by atoms with Crippen LogP contribution in [-0.2, 0) is 11.3 Å². The molecule has 10 nitrogen and oxygen atoms in total. The maximum absolute atomic E-state index is 8.36. The molecule has 27 heavy (non-hydrogen) atoms. The normalized spacial score (nSPS) is 10.3. The van der Waals surface area contributed by atoms with E-state index >= 15 is 0 Å². The first-order valence-electron chi connectivity index (χ1n) is 8.19. The summed E-state index contributed by atoms with van der Waals surface area (Å²) in [6.45, 7) is 3.18. The monoisotopic (exact) mass is 366 g/mol. The number of rotatable bonds is 5. The minimum absolute atomic E-state index is 0.250. The molecule has 10 heteroatoms. The summed E-state index contributed by atoms with van der Waals surface area (Å²) >= 11 is 0. The Labute approximate surface area is 154 Å². The minimum Gasteiger partial charge on any atom is -0.483 e. The van der Waals surface area contributed by atoms with Gasteiger partial charge in [-0.05, 0) is 19.1 Å². The Hall–Kier alpha value is -3.82. The number of carbonyl (C=O) groups is 1.